The molecule has 0 saturated heterocycles. The standard InChI is InChI=1S/C15H21NO3/c1-4-12-6-5-7-13(8-12)9-14(17)16(3)10-11(2)15(18)19/h5-8,11H,4,9-10H2,1-3H3,(H,18,19). The zero-order valence-electron chi connectivity index (χ0n) is 11.7. The number of hydrogen-bond donors (Lipinski definition) is 1. The molecule has 0 radical (unpaired) electrons. The topological polar surface area (TPSA) is 57.6 Å². The Morgan fingerprint density at radius 2 is 1.95 bits per heavy atom. The highest BCUT2D eigenvalue weighted by molar-refractivity contribution is 5.79. The van der Waals surface area contributed by atoms with Gasteiger partial charge < -0.3 is 10.0 Å². The van der Waals surface area contributed by atoms with Gasteiger partial charge in [0.1, 0.15) is 0 Å². The Morgan fingerprint density at radius 1 is 1.32 bits per heavy atom. The van der Waals surface area contributed by atoms with Crippen LogP contribution < -0.4 is 0 Å². The molecule has 1 aromatic carbocycles. The van der Waals surface area contributed by atoms with Crippen molar-refractivity contribution in [3.63, 3.8) is 0 Å². The van der Waals surface area contributed by atoms with E-state index < -0.39 is 11.9 Å². The lowest BCUT2D eigenvalue weighted by atomic mass is 10.1. The number of carboxylic acid groups (broad SMARTS) is 1. The molecule has 1 aromatic rings. The van der Waals surface area contributed by atoms with Crippen LogP contribution in [0.2, 0.25) is 0 Å². The maximum Gasteiger partial charge on any atom is 0.308 e. The van der Waals surface area contributed by atoms with Crippen molar-refractivity contribution >= 4 is 11.9 Å². The van der Waals surface area contributed by atoms with E-state index in [2.05, 4.69) is 6.92 Å². The van der Waals surface area contributed by atoms with Gasteiger partial charge >= 0.3 is 5.97 Å². The van der Waals surface area contributed by atoms with Crippen molar-refractivity contribution < 1.29 is 14.7 Å². The second-order valence-corrected chi connectivity index (χ2v) is 4.86. The SMILES string of the molecule is CCc1cccc(CC(=O)N(C)CC(C)C(=O)O)c1. The van der Waals surface area contributed by atoms with Crippen molar-refractivity contribution in [1.82, 2.24) is 4.90 Å². The van der Waals surface area contributed by atoms with E-state index in [4.69, 9.17) is 5.11 Å². The zero-order valence-corrected chi connectivity index (χ0v) is 11.7. The quantitative estimate of drug-likeness (QED) is 0.853. The maximum absolute atomic E-state index is 12.0. The predicted octanol–water partition coefficient (Wildman–Crippen LogP) is 1.97. The van der Waals surface area contributed by atoms with E-state index in [1.54, 1.807) is 14.0 Å². The number of benzene rings is 1. The van der Waals surface area contributed by atoms with E-state index in [1.807, 2.05) is 24.3 Å². The van der Waals surface area contributed by atoms with E-state index in [0.29, 0.717) is 6.42 Å². The van der Waals surface area contributed by atoms with Crippen LogP contribution in [0, 0.1) is 5.92 Å². The third-order valence-electron chi connectivity index (χ3n) is 3.15. The third kappa shape index (κ3) is 4.73. The van der Waals surface area contributed by atoms with Gasteiger partial charge in [0, 0.05) is 13.6 Å². The molecule has 0 fully saturated rings. The molecule has 104 valence electrons. The minimum Gasteiger partial charge on any atom is -0.481 e. The van der Waals surface area contributed by atoms with E-state index in [9.17, 15) is 9.59 Å². The van der Waals surface area contributed by atoms with Gasteiger partial charge in [-0.15, -0.1) is 0 Å². The molecule has 4 heteroatoms. The Kier molecular flexibility index (Phi) is 5.55. The molecule has 0 aliphatic heterocycles. The molecule has 19 heavy (non-hydrogen) atoms. The molecule has 0 aliphatic rings. The van der Waals surface area contributed by atoms with Crippen LogP contribution in [0.5, 0.6) is 0 Å². The van der Waals surface area contributed by atoms with Crippen molar-refractivity contribution in [1.29, 1.82) is 0 Å². The molecule has 1 rings (SSSR count). The molecule has 0 spiro atoms. The van der Waals surface area contributed by atoms with Crippen LogP contribution in [0.25, 0.3) is 0 Å². The molecule has 1 amide bonds. The summed E-state index contributed by atoms with van der Waals surface area (Å²) < 4.78 is 0. The summed E-state index contributed by atoms with van der Waals surface area (Å²) in [5.41, 5.74) is 2.17. The van der Waals surface area contributed by atoms with E-state index in [0.717, 1.165) is 12.0 Å². The van der Waals surface area contributed by atoms with Crippen LogP contribution >= 0.6 is 0 Å². The number of carboxylic acids is 1. The zero-order chi connectivity index (χ0) is 14.4. The van der Waals surface area contributed by atoms with Gasteiger partial charge in [0.15, 0.2) is 0 Å². The average molecular weight is 263 g/mol. The Bertz CT molecular complexity index is 456. The Hall–Kier alpha value is -1.84. The molecular weight excluding hydrogens is 242 g/mol. The number of amides is 1. The molecule has 1 N–H and O–H groups in total. The second kappa shape index (κ2) is 6.92. The van der Waals surface area contributed by atoms with Gasteiger partial charge in [-0.05, 0) is 17.5 Å². The summed E-state index contributed by atoms with van der Waals surface area (Å²) in [5, 5.41) is 8.83. The molecule has 1 unspecified atom stereocenters. The number of aliphatic carboxylic acids is 1. The van der Waals surface area contributed by atoms with Crippen molar-refractivity contribution in [2.45, 2.75) is 26.7 Å². The summed E-state index contributed by atoms with van der Waals surface area (Å²) in [5.74, 6) is -1.48. The van der Waals surface area contributed by atoms with E-state index in [-0.39, 0.29) is 12.5 Å². The fourth-order valence-electron chi connectivity index (χ4n) is 1.86. The van der Waals surface area contributed by atoms with Crippen LogP contribution in [0.3, 0.4) is 0 Å². The summed E-state index contributed by atoms with van der Waals surface area (Å²) in [6.07, 6.45) is 1.25. The fraction of sp³-hybridized carbons (Fsp3) is 0.467. The molecule has 0 aromatic heterocycles. The number of rotatable bonds is 6. The summed E-state index contributed by atoms with van der Waals surface area (Å²) >= 11 is 0. The number of carbonyl (C=O) groups excluding carboxylic acids is 1. The van der Waals surface area contributed by atoms with Gasteiger partial charge in [0.05, 0.1) is 12.3 Å². The highest BCUT2D eigenvalue weighted by Crippen LogP contribution is 2.08. The molecular formula is C15H21NO3. The first-order valence-corrected chi connectivity index (χ1v) is 6.48. The average Bonchev–Trinajstić information content (AvgIpc) is 2.38. The van der Waals surface area contributed by atoms with Gasteiger partial charge in [-0.3, -0.25) is 9.59 Å². The minimum atomic E-state index is -0.882. The summed E-state index contributed by atoms with van der Waals surface area (Å²) in [6, 6.07) is 7.92. The highest BCUT2D eigenvalue weighted by atomic mass is 16.4. The number of aryl methyl sites for hydroxylation is 1. The fourth-order valence-corrected chi connectivity index (χ4v) is 1.86. The van der Waals surface area contributed by atoms with E-state index >= 15 is 0 Å². The van der Waals surface area contributed by atoms with Crippen molar-refractivity contribution in [2.24, 2.45) is 5.92 Å². The number of nitrogens with zero attached hydrogens (tertiary/aromatic N) is 1. The van der Waals surface area contributed by atoms with Gasteiger partial charge in [-0.1, -0.05) is 38.1 Å². The molecule has 0 heterocycles. The van der Waals surface area contributed by atoms with Crippen LogP contribution in [-0.2, 0) is 22.4 Å². The van der Waals surface area contributed by atoms with Crippen LogP contribution in [-0.4, -0.2) is 35.5 Å². The molecule has 0 saturated carbocycles. The molecule has 4 nitrogen and oxygen atoms in total. The predicted molar refractivity (Wildman–Crippen MR) is 74.0 cm³/mol. The maximum atomic E-state index is 12.0. The van der Waals surface area contributed by atoms with Crippen LogP contribution in [0.15, 0.2) is 24.3 Å². The number of carbonyl (C=O) groups is 2. The van der Waals surface area contributed by atoms with Gasteiger partial charge in [0.2, 0.25) is 5.91 Å². The van der Waals surface area contributed by atoms with E-state index in [1.165, 1.54) is 10.5 Å². The third-order valence-corrected chi connectivity index (χ3v) is 3.15. The van der Waals surface area contributed by atoms with Crippen LogP contribution in [0.1, 0.15) is 25.0 Å². The van der Waals surface area contributed by atoms with Crippen LogP contribution in [0.4, 0.5) is 0 Å². The van der Waals surface area contributed by atoms with Gasteiger partial charge in [-0.25, -0.2) is 0 Å². The number of hydrogen-bond acceptors (Lipinski definition) is 2. The first-order chi connectivity index (χ1) is 8.93. The van der Waals surface area contributed by atoms with Crippen molar-refractivity contribution in [3.8, 4) is 0 Å². The largest absolute Gasteiger partial charge is 0.481 e. The van der Waals surface area contributed by atoms with Gasteiger partial charge in [0.25, 0.3) is 0 Å². The molecule has 0 aliphatic carbocycles. The normalized spacial score (nSPS) is 11.9. The Morgan fingerprint density at radius 3 is 2.53 bits per heavy atom. The van der Waals surface area contributed by atoms with Crippen molar-refractivity contribution in [2.75, 3.05) is 13.6 Å². The first kappa shape index (κ1) is 15.2. The summed E-state index contributed by atoms with van der Waals surface area (Å²) in [6.45, 7) is 3.91. The lowest BCUT2D eigenvalue weighted by Gasteiger charge is -2.19. The Balaban J connectivity index is 2.60. The smallest absolute Gasteiger partial charge is 0.308 e. The summed E-state index contributed by atoms with van der Waals surface area (Å²) in [4.78, 5) is 24.2. The molecule has 0 bridgehead atoms. The van der Waals surface area contributed by atoms with Crippen molar-refractivity contribution in [3.05, 3.63) is 35.4 Å². The second-order valence-electron chi connectivity index (χ2n) is 4.86. The minimum absolute atomic E-state index is 0.0543. The lowest BCUT2D eigenvalue weighted by Crippen LogP contribution is -2.34. The highest BCUT2D eigenvalue weighted by Gasteiger charge is 2.17. The monoisotopic (exact) mass is 263 g/mol. The Labute approximate surface area is 114 Å². The first-order valence-electron chi connectivity index (χ1n) is 6.48. The lowest BCUT2D eigenvalue weighted by molar-refractivity contribution is -0.142. The van der Waals surface area contributed by atoms with Gasteiger partial charge in [-0.2, -0.15) is 0 Å². The summed E-state index contributed by atoms with van der Waals surface area (Å²) in [7, 11) is 1.64. The molecule has 1 atom stereocenters. The number of likely N-dealkylation sites (N-methyl/N-ethyl adjacent to an activating group) is 1.